The van der Waals surface area contributed by atoms with Gasteiger partial charge in [0.2, 0.25) is 0 Å². The molecule has 120 valence electrons. The van der Waals surface area contributed by atoms with Crippen LogP contribution in [0.1, 0.15) is 24.7 Å². The Morgan fingerprint density at radius 1 is 1.27 bits per heavy atom. The molecule has 1 aromatic carbocycles. The van der Waals surface area contributed by atoms with Gasteiger partial charge in [-0.2, -0.15) is 0 Å². The molecule has 0 aliphatic carbocycles. The molecule has 6 nitrogen and oxygen atoms in total. The number of aryl methyl sites for hydroxylation is 1. The zero-order chi connectivity index (χ0) is 16.3. The molecule has 9 heteroatoms. The van der Waals surface area contributed by atoms with Crippen molar-refractivity contribution in [2.75, 3.05) is 6.61 Å². The zero-order valence-electron chi connectivity index (χ0n) is 12.0. The first kappa shape index (κ1) is 16.3. The van der Waals surface area contributed by atoms with Crippen LogP contribution in [0.4, 0.5) is 8.78 Å². The number of hydrogen-bond donors (Lipinski definition) is 0. The molecule has 22 heavy (non-hydrogen) atoms. The molecule has 0 unspecified atom stereocenters. The second-order valence-corrected chi connectivity index (χ2v) is 6.50. The van der Waals surface area contributed by atoms with E-state index in [9.17, 15) is 17.2 Å². The summed E-state index contributed by atoms with van der Waals surface area (Å²) in [5.74, 6) is -0.0941. The predicted molar refractivity (Wildman–Crippen MR) is 74.5 cm³/mol. The summed E-state index contributed by atoms with van der Waals surface area (Å²) >= 11 is 0. The molecule has 1 aromatic heterocycles. The summed E-state index contributed by atoms with van der Waals surface area (Å²) in [7, 11) is -2.50. The van der Waals surface area contributed by atoms with Gasteiger partial charge in [-0.1, -0.05) is 5.21 Å². The Morgan fingerprint density at radius 2 is 1.91 bits per heavy atom. The Labute approximate surface area is 126 Å². The van der Waals surface area contributed by atoms with Gasteiger partial charge in [0, 0.05) is 7.05 Å². The summed E-state index contributed by atoms with van der Waals surface area (Å²) in [6.45, 7) is 2.27. The van der Waals surface area contributed by atoms with Crippen LogP contribution in [0.25, 0.3) is 0 Å². The standard InChI is InChI=1S/C13H15F2N3O3S/c1-3-21-9-4-6-10(7-5-9)22(19,20)8-11-12(13(14)15)18(2)17-16-11/h4-7,13H,3,8H2,1-2H3. The lowest BCUT2D eigenvalue weighted by molar-refractivity contribution is 0.140. The predicted octanol–water partition coefficient (Wildman–Crippen LogP) is 2.13. The molecule has 0 aliphatic heterocycles. The second kappa shape index (κ2) is 6.39. The number of rotatable bonds is 6. The summed E-state index contributed by atoms with van der Waals surface area (Å²) in [6.07, 6.45) is -2.84. The van der Waals surface area contributed by atoms with Gasteiger partial charge in [0.1, 0.15) is 22.9 Å². The highest BCUT2D eigenvalue weighted by Gasteiger charge is 2.25. The maximum absolute atomic E-state index is 12.9. The average Bonchev–Trinajstić information content (AvgIpc) is 2.80. The molecule has 0 radical (unpaired) electrons. The number of halogens is 2. The number of ether oxygens (including phenoxy) is 1. The molecule has 1 heterocycles. The Balaban J connectivity index is 2.28. The van der Waals surface area contributed by atoms with Crippen molar-refractivity contribution >= 4 is 9.84 Å². The third-order valence-corrected chi connectivity index (χ3v) is 4.62. The summed E-state index contributed by atoms with van der Waals surface area (Å²) in [4.78, 5) is 0.0156. The largest absolute Gasteiger partial charge is 0.494 e. The molecule has 0 saturated heterocycles. The normalized spacial score (nSPS) is 11.9. The van der Waals surface area contributed by atoms with E-state index in [0.717, 1.165) is 4.68 Å². The monoisotopic (exact) mass is 331 g/mol. The smallest absolute Gasteiger partial charge is 0.281 e. The van der Waals surface area contributed by atoms with Gasteiger partial charge in [-0.15, -0.1) is 5.10 Å². The first-order valence-electron chi connectivity index (χ1n) is 6.47. The average molecular weight is 331 g/mol. The van der Waals surface area contributed by atoms with E-state index < -0.39 is 27.7 Å². The van der Waals surface area contributed by atoms with Crippen LogP contribution in [0, 0.1) is 0 Å². The van der Waals surface area contributed by atoms with E-state index in [2.05, 4.69) is 10.3 Å². The number of nitrogens with zero attached hydrogens (tertiary/aromatic N) is 3. The minimum atomic E-state index is -3.79. The summed E-state index contributed by atoms with van der Waals surface area (Å²) in [5.41, 5.74) is -0.735. The highest BCUT2D eigenvalue weighted by atomic mass is 32.2. The van der Waals surface area contributed by atoms with Gasteiger partial charge in [0.05, 0.1) is 11.5 Å². The Bertz CT molecular complexity index is 742. The Morgan fingerprint density at radius 3 is 2.45 bits per heavy atom. The summed E-state index contributed by atoms with van der Waals surface area (Å²) < 4.78 is 56.5. The van der Waals surface area contributed by atoms with Crippen LogP contribution in [0.5, 0.6) is 5.75 Å². The van der Waals surface area contributed by atoms with Crippen molar-refractivity contribution in [3.05, 3.63) is 35.7 Å². The molecule has 0 spiro atoms. The lowest BCUT2D eigenvalue weighted by atomic mass is 10.3. The van der Waals surface area contributed by atoms with Crippen molar-refractivity contribution < 1.29 is 21.9 Å². The van der Waals surface area contributed by atoms with Gasteiger partial charge >= 0.3 is 0 Å². The fraction of sp³-hybridized carbons (Fsp3) is 0.385. The highest BCUT2D eigenvalue weighted by Crippen LogP contribution is 2.25. The number of hydrogen-bond acceptors (Lipinski definition) is 5. The molecule has 0 atom stereocenters. The van der Waals surface area contributed by atoms with Gasteiger partial charge in [-0.25, -0.2) is 21.9 Å². The third kappa shape index (κ3) is 3.41. The van der Waals surface area contributed by atoms with E-state index in [1.807, 2.05) is 6.92 Å². The van der Waals surface area contributed by atoms with Gasteiger partial charge < -0.3 is 4.74 Å². The van der Waals surface area contributed by atoms with Crippen LogP contribution in [-0.2, 0) is 22.6 Å². The SMILES string of the molecule is CCOc1ccc(S(=O)(=O)Cc2nnn(C)c2C(F)F)cc1. The molecule has 0 amide bonds. The number of sulfone groups is 1. The van der Waals surface area contributed by atoms with E-state index in [-0.39, 0.29) is 10.6 Å². The molecule has 0 N–H and O–H groups in total. The third-order valence-electron chi connectivity index (χ3n) is 2.97. The van der Waals surface area contributed by atoms with E-state index >= 15 is 0 Å². The van der Waals surface area contributed by atoms with Crippen molar-refractivity contribution in [3.8, 4) is 5.75 Å². The van der Waals surface area contributed by atoms with Gasteiger partial charge in [-0.3, -0.25) is 0 Å². The Kier molecular flexibility index (Phi) is 4.74. The maximum atomic E-state index is 12.9. The van der Waals surface area contributed by atoms with Crippen molar-refractivity contribution in [1.29, 1.82) is 0 Å². The summed E-state index contributed by atoms with van der Waals surface area (Å²) in [6, 6.07) is 5.78. The molecular formula is C13H15F2N3O3S. The van der Waals surface area contributed by atoms with Crippen molar-refractivity contribution in [2.24, 2.45) is 7.05 Å². The fourth-order valence-electron chi connectivity index (χ4n) is 1.95. The van der Waals surface area contributed by atoms with Crippen LogP contribution < -0.4 is 4.74 Å². The van der Waals surface area contributed by atoms with E-state index in [4.69, 9.17) is 4.74 Å². The molecule has 0 saturated carbocycles. The summed E-state index contributed by atoms with van der Waals surface area (Å²) in [5, 5.41) is 6.98. The number of aromatic nitrogens is 3. The number of alkyl halides is 2. The second-order valence-electron chi connectivity index (χ2n) is 4.51. The first-order valence-corrected chi connectivity index (χ1v) is 8.12. The van der Waals surface area contributed by atoms with Crippen LogP contribution in [0.15, 0.2) is 29.2 Å². The number of benzene rings is 1. The first-order chi connectivity index (χ1) is 10.3. The van der Waals surface area contributed by atoms with E-state index in [1.54, 1.807) is 0 Å². The highest BCUT2D eigenvalue weighted by molar-refractivity contribution is 7.90. The lowest BCUT2D eigenvalue weighted by Gasteiger charge is -2.07. The van der Waals surface area contributed by atoms with E-state index in [1.165, 1.54) is 31.3 Å². The molecule has 0 fully saturated rings. The molecule has 0 bridgehead atoms. The van der Waals surface area contributed by atoms with Crippen molar-refractivity contribution in [2.45, 2.75) is 24.0 Å². The minimum Gasteiger partial charge on any atom is -0.494 e. The van der Waals surface area contributed by atoms with E-state index in [0.29, 0.717) is 12.4 Å². The van der Waals surface area contributed by atoms with Gasteiger partial charge in [-0.05, 0) is 31.2 Å². The molecule has 2 rings (SSSR count). The zero-order valence-corrected chi connectivity index (χ0v) is 12.8. The lowest BCUT2D eigenvalue weighted by Crippen LogP contribution is -2.08. The van der Waals surface area contributed by atoms with Gasteiger partial charge in [0.15, 0.2) is 9.84 Å². The molecule has 0 aliphatic rings. The fourth-order valence-corrected chi connectivity index (χ4v) is 3.23. The molecule has 2 aromatic rings. The maximum Gasteiger partial charge on any atom is 0.281 e. The van der Waals surface area contributed by atoms with Crippen LogP contribution in [0.3, 0.4) is 0 Å². The van der Waals surface area contributed by atoms with Crippen LogP contribution >= 0.6 is 0 Å². The van der Waals surface area contributed by atoms with Crippen molar-refractivity contribution in [3.63, 3.8) is 0 Å². The van der Waals surface area contributed by atoms with Crippen molar-refractivity contribution in [1.82, 2.24) is 15.0 Å². The Hall–Kier alpha value is -2.03. The molecular weight excluding hydrogens is 316 g/mol. The topological polar surface area (TPSA) is 74.1 Å². The van der Waals surface area contributed by atoms with Crippen LogP contribution in [0.2, 0.25) is 0 Å². The van der Waals surface area contributed by atoms with Crippen LogP contribution in [-0.4, -0.2) is 30.0 Å². The quantitative estimate of drug-likeness (QED) is 0.810. The minimum absolute atomic E-state index is 0.0156. The van der Waals surface area contributed by atoms with Gasteiger partial charge in [0.25, 0.3) is 6.43 Å².